The van der Waals surface area contributed by atoms with E-state index >= 15 is 0 Å². The van der Waals surface area contributed by atoms with Crippen LogP contribution in [0.25, 0.3) is 0 Å². The van der Waals surface area contributed by atoms with Crippen LogP contribution in [0.1, 0.15) is 31.1 Å². The molecule has 1 aromatic carbocycles. The number of carbonyl (C=O) groups excluding carboxylic acids is 1. The summed E-state index contributed by atoms with van der Waals surface area (Å²) in [6, 6.07) is 9.00. The van der Waals surface area contributed by atoms with Gasteiger partial charge in [0.25, 0.3) is 0 Å². The zero-order chi connectivity index (χ0) is 10.6. The van der Waals surface area contributed by atoms with Crippen molar-refractivity contribution >= 4 is 5.97 Å². The van der Waals surface area contributed by atoms with Gasteiger partial charge in [0.05, 0.1) is 11.6 Å². The number of nitriles is 1. The van der Waals surface area contributed by atoms with Crippen molar-refractivity contribution in [2.24, 2.45) is 0 Å². The zero-order valence-electron chi connectivity index (χ0n) is 8.15. The summed E-state index contributed by atoms with van der Waals surface area (Å²) in [5.74, 6) is -0.304. The molecule has 1 rings (SSSR count). The van der Waals surface area contributed by atoms with Crippen LogP contribution in [0.4, 0.5) is 0 Å². The number of benzene rings is 1. The minimum Gasteiger partial charge on any atom is -0.458 e. The van der Waals surface area contributed by atoms with Crippen LogP contribution in [0.2, 0.25) is 0 Å². The van der Waals surface area contributed by atoms with E-state index in [1.807, 2.05) is 6.07 Å². The van der Waals surface area contributed by atoms with Gasteiger partial charge in [0.2, 0.25) is 0 Å². The molecule has 1 aromatic rings. The quantitative estimate of drug-likeness (QED) is 0.670. The third kappa shape index (κ3) is 2.60. The van der Waals surface area contributed by atoms with Crippen molar-refractivity contribution in [1.82, 2.24) is 0 Å². The van der Waals surface area contributed by atoms with Gasteiger partial charge in [-0.25, -0.2) is 0 Å². The molecule has 0 heterocycles. The van der Waals surface area contributed by atoms with Crippen molar-refractivity contribution in [2.75, 3.05) is 0 Å². The SMILES string of the molecule is CC(=O)OC(C)c1ccc(C#N)cc1. The molecule has 0 saturated heterocycles. The first-order chi connectivity index (χ1) is 6.63. The maximum Gasteiger partial charge on any atom is 0.303 e. The fourth-order valence-electron chi connectivity index (χ4n) is 1.15. The lowest BCUT2D eigenvalue weighted by Gasteiger charge is -2.11. The number of ether oxygens (including phenoxy) is 1. The Morgan fingerprint density at radius 3 is 2.43 bits per heavy atom. The number of carbonyl (C=O) groups is 1. The summed E-state index contributed by atoms with van der Waals surface area (Å²) in [5.41, 5.74) is 1.49. The highest BCUT2D eigenvalue weighted by Gasteiger charge is 2.07. The molecular weight excluding hydrogens is 178 g/mol. The smallest absolute Gasteiger partial charge is 0.303 e. The Kier molecular flexibility index (Phi) is 3.24. The van der Waals surface area contributed by atoms with Crippen LogP contribution in [-0.4, -0.2) is 5.97 Å². The summed E-state index contributed by atoms with van der Waals surface area (Å²) in [4.78, 5) is 10.7. The summed E-state index contributed by atoms with van der Waals surface area (Å²) < 4.78 is 4.99. The van der Waals surface area contributed by atoms with Gasteiger partial charge < -0.3 is 4.74 Å². The highest BCUT2D eigenvalue weighted by atomic mass is 16.5. The van der Waals surface area contributed by atoms with Gasteiger partial charge in [-0.15, -0.1) is 0 Å². The highest BCUT2D eigenvalue weighted by Crippen LogP contribution is 2.16. The summed E-state index contributed by atoms with van der Waals surface area (Å²) >= 11 is 0. The molecule has 1 atom stereocenters. The Hall–Kier alpha value is -1.82. The number of esters is 1. The van der Waals surface area contributed by atoms with Crippen LogP contribution in [-0.2, 0) is 9.53 Å². The third-order valence-corrected chi connectivity index (χ3v) is 1.85. The van der Waals surface area contributed by atoms with E-state index in [1.54, 1.807) is 31.2 Å². The molecule has 3 nitrogen and oxygen atoms in total. The van der Waals surface area contributed by atoms with E-state index in [2.05, 4.69) is 0 Å². The largest absolute Gasteiger partial charge is 0.458 e. The Labute approximate surface area is 82.9 Å². The topological polar surface area (TPSA) is 50.1 Å². The van der Waals surface area contributed by atoms with Gasteiger partial charge in [0.1, 0.15) is 6.10 Å². The van der Waals surface area contributed by atoms with Crippen molar-refractivity contribution in [3.63, 3.8) is 0 Å². The Balaban J connectivity index is 2.77. The fraction of sp³-hybridized carbons (Fsp3) is 0.273. The number of hydrogen-bond acceptors (Lipinski definition) is 3. The number of nitrogens with zero attached hydrogens (tertiary/aromatic N) is 1. The van der Waals surface area contributed by atoms with Crippen molar-refractivity contribution < 1.29 is 9.53 Å². The zero-order valence-corrected chi connectivity index (χ0v) is 8.15. The minimum atomic E-state index is -0.304. The second kappa shape index (κ2) is 4.43. The molecular formula is C11H11NO2. The van der Waals surface area contributed by atoms with Crippen LogP contribution in [0.3, 0.4) is 0 Å². The maximum absolute atomic E-state index is 10.7. The molecule has 72 valence electrons. The van der Waals surface area contributed by atoms with Crippen LogP contribution in [0.15, 0.2) is 24.3 Å². The highest BCUT2D eigenvalue weighted by molar-refractivity contribution is 5.66. The summed E-state index contributed by atoms with van der Waals surface area (Å²) in [5, 5.41) is 8.58. The standard InChI is InChI=1S/C11H11NO2/c1-8(14-9(2)13)11-5-3-10(7-12)4-6-11/h3-6,8H,1-2H3. The van der Waals surface area contributed by atoms with Gasteiger partial charge in [0.15, 0.2) is 0 Å². The minimum absolute atomic E-state index is 0.264. The summed E-state index contributed by atoms with van der Waals surface area (Å²) in [6.07, 6.45) is -0.264. The first-order valence-corrected chi connectivity index (χ1v) is 4.30. The van der Waals surface area contributed by atoms with E-state index < -0.39 is 0 Å². The van der Waals surface area contributed by atoms with E-state index in [0.29, 0.717) is 5.56 Å². The molecule has 0 radical (unpaired) electrons. The van der Waals surface area contributed by atoms with Gasteiger partial charge >= 0.3 is 5.97 Å². The van der Waals surface area contributed by atoms with Gasteiger partial charge in [0, 0.05) is 6.92 Å². The molecule has 0 saturated carbocycles. The molecule has 3 heteroatoms. The molecule has 0 aliphatic heterocycles. The second-order valence-corrected chi connectivity index (χ2v) is 2.99. The lowest BCUT2D eigenvalue weighted by atomic mass is 10.1. The van der Waals surface area contributed by atoms with E-state index in [1.165, 1.54) is 6.92 Å². The van der Waals surface area contributed by atoms with Gasteiger partial charge in [-0.1, -0.05) is 12.1 Å². The Morgan fingerprint density at radius 1 is 1.43 bits per heavy atom. The predicted molar refractivity (Wildman–Crippen MR) is 51.3 cm³/mol. The van der Waals surface area contributed by atoms with Gasteiger partial charge in [-0.3, -0.25) is 4.79 Å². The van der Waals surface area contributed by atoms with E-state index in [4.69, 9.17) is 10.00 Å². The molecule has 1 unspecified atom stereocenters. The van der Waals surface area contributed by atoms with E-state index in [9.17, 15) is 4.79 Å². The number of rotatable bonds is 2. The monoisotopic (exact) mass is 189 g/mol. The molecule has 0 bridgehead atoms. The Bertz CT molecular complexity index is 362. The summed E-state index contributed by atoms with van der Waals surface area (Å²) in [7, 11) is 0. The first kappa shape index (κ1) is 10.3. The molecule has 0 N–H and O–H groups in total. The normalized spacial score (nSPS) is 11.5. The van der Waals surface area contributed by atoms with Crippen LogP contribution in [0, 0.1) is 11.3 Å². The lowest BCUT2D eigenvalue weighted by Crippen LogP contribution is -2.04. The van der Waals surface area contributed by atoms with Crippen LogP contribution < -0.4 is 0 Å². The second-order valence-electron chi connectivity index (χ2n) is 2.99. The fourth-order valence-corrected chi connectivity index (χ4v) is 1.15. The van der Waals surface area contributed by atoms with Crippen molar-refractivity contribution in [3.8, 4) is 6.07 Å². The maximum atomic E-state index is 10.7. The molecule has 0 aliphatic carbocycles. The van der Waals surface area contributed by atoms with Crippen molar-refractivity contribution in [2.45, 2.75) is 20.0 Å². The molecule has 0 aromatic heterocycles. The molecule has 0 fully saturated rings. The third-order valence-electron chi connectivity index (χ3n) is 1.85. The van der Waals surface area contributed by atoms with E-state index in [0.717, 1.165) is 5.56 Å². The van der Waals surface area contributed by atoms with Crippen molar-refractivity contribution in [1.29, 1.82) is 5.26 Å². The molecule has 0 aliphatic rings. The molecule has 0 amide bonds. The summed E-state index contributed by atoms with van der Waals surface area (Å²) in [6.45, 7) is 3.17. The van der Waals surface area contributed by atoms with Crippen molar-refractivity contribution in [3.05, 3.63) is 35.4 Å². The van der Waals surface area contributed by atoms with Gasteiger partial charge in [-0.2, -0.15) is 5.26 Å². The van der Waals surface area contributed by atoms with Crippen LogP contribution in [0.5, 0.6) is 0 Å². The number of hydrogen-bond donors (Lipinski definition) is 0. The van der Waals surface area contributed by atoms with Gasteiger partial charge in [-0.05, 0) is 24.6 Å². The average molecular weight is 189 g/mol. The average Bonchev–Trinajstić information content (AvgIpc) is 2.17. The van der Waals surface area contributed by atoms with E-state index in [-0.39, 0.29) is 12.1 Å². The van der Waals surface area contributed by atoms with Crippen LogP contribution >= 0.6 is 0 Å². The molecule has 0 spiro atoms. The lowest BCUT2D eigenvalue weighted by molar-refractivity contribution is -0.145. The predicted octanol–water partition coefficient (Wildman–Crippen LogP) is 2.18. The Morgan fingerprint density at radius 2 is 2.00 bits per heavy atom. The molecule has 14 heavy (non-hydrogen) atoms. The first-order valence-electron chi connectivity index (χ1n) is 4.30.